The highest BCUT2D eigenvalue weighted by molar-refractivity contribution is 5.59. The van der Waals surface area contributed by atoms with Crippen molar-refractivity contribution in [2.24, 2.45) is 0 Å². The average molecular weight is 323 g/mol. The quantitative estimate of drug-likeness (QED) is 0.722. The summed E-state index contributed by atoms with van der Waals surface area (Å²) < 4.78 is 12.6. The van der Waals surface area contributed by atoms with Crippen molar-refractivity contribution < 1.29 is 9.47 Å². The number of ether oxygens (including phenoxy) is 2. The Morgan fingerprint density at radius 2 is 1.83 bits per heavy atom. The van der Waals surface area contributed by atoms with Crippen LogP contribution in [0.3, 0.4) is 0 Å². The van der Waals surface area contributed by atoms with Crippen LogP contribution in [0.25, 0.3) is 0 Å². The van der Waals surface area contributed by atoms with Gasteiger partial charge < -0.3 is 14.8 Å². The number of nitrogens with zero attached hydrogens (tertiary/aromatic N) is 2. The third-order valence-electron chi connectivity index (χ3n) is 3.76. The topological polar surface area (TPSA) is 48.3 Å². The second-order valence-corrected chi connectivity index (χ2v) is 5.45. The lowest BCUT2D eigenvalue weighted by Crippen LogP contribution is -2.02. The highest BCUT2D eigenvalue weighted by Crippen LogP contribution is 2.29. The molecule has 0 spiro atoms. The Balaban J connectivity index is 1.65. The van der Waals surface area contributed by atoms with Crippen LogP contribution < -0.4 is 14.8 Å². The summed E-state index contributed by atoms with van der Waals surface area (Å²) in [7, 11) is 3.31. The Morgan fingerprint density at radius 3 is 2.58 bits per heavy atom. The molecular weight excluding hydrogens is 302 g/mol. The first-order valence-electron chi connectivity index (χ1n) is 7.79. The van der Waals surface area contributed by atoms with Gasteiger partial charge in [0, 0.05) is 24.4 Å². The summed E-state index contributed by atoms with van der Waals surface area (Å²) in [5.41, 5.74) is 3.23. The second kappa shape index (κ2) is 7.55. The lowest BCUT2D eigenvalue weighted by atomic mass is 10.2. The number of hydrogen-bond acceptors (Lipinski definition) is 4. The van der Waals surface area contributed by atoms with Gasteiger partial charge in [0.15, 0.2) is 0 Å². The standard InChI is InChI=1S/C19H21N3O2/c1-23-17-8-9-19(24-2)18(10-17)20-11-16-12-21-22(14-16)13-15-6-4-3-5-7-15/h3-10,12,14,20H,11,13H2,1-2H3. The van der Waals surface area contributed by atoms with Crippen LogP contribution in [-0.4, -0.2) is 24.0 Å². The summed E-state index contributed by atoms with van der Waals surface area (Å²) in [5.74, 6) is 1.57. The van der Waals surface area contributed by atoms with Crippen LogP contribution >= 0.6 is 0 Å². The molecule has 0 saturated carbocycles. The molecule has 0 aliphatic heterocycles. The van der Waals surface area contributed by atoms with Crippen LogP contribution in [0.2, 0.25) is 0 Å². The Hall–Kier alpha value is -2.95. The van der Waals surface area contributed by atoms with Crippen LogP contribution in [0.4, 0.5) is 5.69 Å². The SMILES string of the molecule is COc1ccc(OC)c(NCc2cnn(Cc3ccccc3)c2)c1. The largest absolute Gasteiger partial charge is 0.497 e. The van der Waals surface area contributed by atoms with Crippen LogP contribution in [0.15, 0.2) is 60.9 Å². The first-order chi connectivity index (χ1) is 11.8. The molecule has 1 heterocycles. The predicted molar refractivity (Wildman–Crippen MR) is 94.6 cm³/mol. The monoisotopic (exact) mass is 323 g/mol. The minimum absolute atomic E-state index is 0.665. The van der Waals surface area contributed by atoms with Gasteiger partial charge in [-0.05, 0) is 17.7 Å². The molecule has 0 unspecified atom stereocenters. The molecule has 0 bridgehead atoms. The first-order valence-corrected chi connectivity index (χ1v) is 7.79. The lowest BCUT2D eigenvalue weighted by molar-refractivity contribution is 0.404. The molecule has 5 nitrogen and oxygen atoms in total. The lowest BCUT2D eigenvalue weighted by Gasteiger charge is -2.12. The molecule has 2 aromatic carbocycles. The van der Waals surface area contributed by atoms with E-state index in [1.807, 2.05) is 53.5 Å². The minimum Gasteiger partial charge on any atom is -0.497 e. The normalized spacial score (nSPS) is 10.4. The summed E-state index contributed by atoms with van der Waals surface area (Å²) >= 11 is 0. The Kier molecular flexibility index (Phi) is 5.01. The van der Waals surface area contributed by atoms with Crippen LogP contribution in [-0.2, 0) is 13.1 Å². The number of rotatable bonds is 7. The summed E-state index contributed by atoms with van der Waals surface area (Å²) in [4.78, 5) is 0. The van der Waals surface area contributed by atoms with Gasteiger partial charge in [0.1, 0.15) is 11.5 Å². The fraction of sp³-hybridized carbons (Fsp3) is 0.211. The molecule has 5 heteroatoms. The zero-order valence-corrected chi connectivity index (χ0v) is 13.9. The maximum atomic E-state index is 5.38. The van der Waals surface area contributed by atoms with Gasteiger partial charge >= 0.3 is 0 Å². The first kappa shape index (κ1) is 15.9. The van der Waals surface area contributed by atoms with E-state index in [4.69, 9.17) is 9.47 Å². The predicted octanol–water partition coefficient (Wildman–Crippen LogP) is 3.56. The third kappa shape index (κ3) is 3.87. The Morgan fingerprint density at radius 1 is 1.00 bits per heavy atom. The molecule has 0 amide bonds. The van der Waals surface area contributed by atoms with Gasteiger partial charge in [0.2, 0.25) is 0 Å². The van der Waals surface area contributed by atoms with E-state index in [0.29, 0.717) is 6.54 Å². The highest BCUT2D eigenvalue weighted by Gasteiger charge is 2.06. The van der Waals surface area contributed by atoms with Gasteiger partial charge in [0.25, 0.3) is 0 Å². The molecule has 1 aromatic heterocycles. The van der Waals surface area contributed by atoms with Crippen molar-refractivity contribution in [2.45, 2.75) is 13.1 Å². The van der Waals surface area contributed by atoms with Crippen LogP contribution in [0.1, 0.15) is 11.1 Å². The van der Waals surface area contributed by atoms with E-state index in [0.717, 1.165) is 29.3 Å². The smallest absolute Gasteiger partial charge is 0.142 e. The molecular formula is C19H21N3O2. The van der Waals surface area contributed by atoms with Crippen molar-refractivity contribution in [1.82, 2.24) is 9.78 Å². The number of methoxy groups -OCH3 is 2. The van der Waals surface area contributed by atoms with Crippen molar-refractivity contribution in [3.8, 4) is 11.5 Å². The van der Waals surface area contributed by atoms with E-state index in [9.17, 15) is 0 Å². The molecule has 0 aliphatic rings. The fourth-order valence-electron chi connectivity index (χ4n) is 2.50. The van der Waals surface area contributed by atoms with E-state index in [1.165, 1.54) is 5.56 Å². The van der Waals surface area contributed by atoms with Crippen molar-refractivity contribution in [3.63, 3.8) is 0 Å². The van der Waals surface area contributed by atoms with E-state index in [-0.39, 0.29) is 0 Å². The zero-order chi connectivity index (χ0) is 16.8. The number of anilines is 1. The van der Waals surface area contributed by atoms with Crippen LogP contribution in [0.5, 0.6) is 11.5 Å². The molecule has 124 valence electrons. The van der Waals surface area contributed by atoms with Gasteiger partial charge in [-0.1, -0.05) is 30.3 Å². The molecule has 0 atom stereocenters. The number of nitrogens with one attached hydrogen (secondary N) is 1. The van der Waals surface area contributed by atoms with E-state index < -0.39 is 0 Å². The number of hydrogen-bond donors (Lipinski definition) is 1. The number of aromatic nitrogens is 2. The van der Waals surface area contributed by atoms with Gasteiger partial charge in [-0.2, -0.15) is 5.10 Å². The summed E-state index contributed by atoms with van der Waals surface area (Å²) in [6, 6.07) is 16.0. The summed E-state index contributed by atoms with van der Waals surface area (Å²) in [6.45, 7) is 1.43. The van der Waals surface area contributed by atoms with Gasteiger partial charge in [0.05, 0.1) is 32.6 Å². The van der Waals surface area contributed by atoms with Crippen molar-refractivity contribution in [3.05, 3.63) is 72.1 Å². The molecule has 3 aromatic rings. The third-order valence-corrected chi connectivity index (χ3v) is 3.76. The average Bonchev–Trinajstić information content (AvgIpc) is 3.08. The maximum absolute atomic E-state index is 5.38. The van der Waals surface area contributed by atoms with Crippen LogP contribution in [0, 0.1) is 0 Å². The maximum Gasteiger partial charge on any atom is 0.142 e. The Labute approximate surface area is 141 Å². The van der Waals surface area contributed by atoms with Gasteiger partial charge in [-0.25, -0.2) is 0 Å². The summed E-state index contributed by atoms with van der Waals surface area (Å²) in [6.07, 6.45) is 3.93. The Bertz CT molecular complexity index is 784. The highest BCUT2D eigenvalue weighted by atomic mass is 16.5. The van der Waals surface area contributed by atoms with Crippen molar-refractivity contribution in [2.75, 3.05) is 19.5 Å². The number of benzene rings is 2. The molecule has 0 aliphatic carbocycles. The molecule has 0 radical (unpaired) electrons. The van der Waals surface area contributed by atoms with E-state index >= 15 is 0 Å². The zero-order valence-electron chi connectivity index (χ0n) is 13.9. The molecule has 1 N–H and O–H groups in total. The molecule has 0 saturated heterocycles. The molecule has 3 rings (SSSR count). The van der Waals surface area contributed by atoms with Gasteiger partial charge in [-0.3, -0.25) is 4.68 Å². The second-order valence-electron chi connectivity index (χ2n) is 5.45. The summed E-state index contributed by atoms with van der Waals surface area (Å²) in [5, 5.41) is 7.79. The van der Waals surface area contributed by atoms with Crippen molar-refractivity contribution >= 4 is 5.69 Å². The fourth-order valence-corrected chi connectivity index (χ4v) is 2.50. The molecule has 0 fully saturated rings. The van der Waals surface area contributed by atoms with Gasteiger partial charge in [-0.15, -0.1) is 0 Å². The molecule has 24 heavy (non-hydrogen) atoms. The minimum atomic E-state index is 0.665. The van der Waals surface area contributed by atoms with E-state index in [2.05, 4.69) is 22.5 Å². The van der Waals surface area contributed by atoms with E-state index in [1.54, 1.807) is 14.2 Å². The van der Waals surface area contributed by atoms with Crippen molar-refractivity contribution in [1.29, 1.82) is 0 Å².